The molecule has 0 aliphatic rings. The SMILES string of the molecule is Cc1cc(Cl)ccc1-c1cc(N)cc(OCC(F)(F)F)c1. The van der Waals surface area contributed by atoms with E-state index >= 15 is 0 Å². The number of anilines is 1. The summed E-state index contributed by atoms with van der Waals surface area (Å²) in [5, 5.41) is 0.591. The van der Waals surface area contributed by atoms with Crippen LogP contribution in [0.25, 0.3) is 11.1 Å². The fourth-order valence-electron chi connectivity index (χ4n) is 1.98. The Bertz CT molecular complexity index is 656. The third-order valence-corrected chi connectivity index (χ3v) is 3.07. The first-order valence-electron chi connectivity index (χ1n) is 6.11. The van der Waals surface area contributed by atoms with Crippen LogP contribution in [0.1, 0.15) is 5.56 Å². The summed E-state index contributed by atoms with van der Waals surface area (Å²) in [6, 6.07) is 9.84. The minimum atomic E-state index is -4.39. The van der Waals surface area contributed by atoms with E-state index in [4.69, 9.17) is 22.1 Å². The van der Waals surface area contributed by atoms with Crippen LogP contribution in [-0.4, -0.2) is 12.8 Å². The fourth-order valence-corrected chi connectivity index (χ4v) is 2.20. The van der Waals surface area contributed by atoms with Crippen molar-refractivity contribution in [3.63, 3.8) is 0 Å². The van der Waals surface area contributed by atoms with Gasteiger partial charge in [0.05, 0.1) is 0 Å². The number of hydrogen-bond acceptors (Lipinski definition) is 2. The van der Waals surface area contributed by atoms with Gasteiger partial charge in [0.15, 0.2) is 6.61 Å². The number of alkyl halides is 3. The maximum atomic E-state index is 12.2. The molecule has 2 N–H and O–H groups in total. The van der Waals surface area contributed by atoms with E-state index in [0.29, 0.717) is 16.3 Å². The summed E-state index contributed by atoms with van der Waals surface area (Å²) in [5.74, 6) is 0.0803. The number of benzene rings is 2. The summed E-state index contributed by atoms with van der Waals surface area (Å²) in [6.45, 7) is 0.510. The zero-order valence-corrected chi connectivity index (χ0v) is 11.9. The van der Waals surface area contributed by atoms with Crippen LogP contribution in [0.3, 0.4) is 0 Å². The summed E-state index contributed by atoms with van der Waals surface area (Å²) in [5.41, 5.74) is 8.48. The molecular weight excluding hydrogens is 303 g/mol. The molecule has 0 amide bonds. The van der Waals surface area contributed by atoms with Crippen LogP contribution < -0.4 is 10.5 Å². The Labute approximate surface area is 125 Å². The largest absolute Gasteiger partial charge is 0.484 e. The smallest absolute Gasteiger partial charge is 0.422 e. The highest BCUT2D eigenvalue weighted by molar-refractivity contribution is 6.30. The Morgan fingerprint density at radius 2 is 1.86 bits per heavy atom. The van der Waals surface area contributed by atoms with Gasteiger partial charge in [-0.3, -0.25) is 0 Å². The van der Waals surface area contributed by atoms with Crippen molar-refractivity contribution < 1.29 is 17.9 Å². The van der Waals surface area contributed by atoms with Gasteiger partial charge in [-0.1, -0.05) is 17.7 Å². The van der Waals surface area contributed by atoms with E-state index < -0.39 is 12.8 Å². The Hall–Kier alpha value is -1.88. The number of nitrogen functional groups attached to an aromatic ring is 1. The van der Waals surface area contributed by atoms with Gasteiger partial charge >= 0.3 is 6.18 Å². The van der Waals surface area contributed by atoms with E-state index in [-0.39, 0.29) is 5.75 Å². The number of nitrogens with two attached hydrogens (primary N) is 1. The van der Waals surface area contributed by atoms with Gasteiger partial charge in [0.25, 0.3) is 0 Å². The summed E-state index contributed by atoms with van der Waals surface area (Å²) < 4.78 is 41.4. The summed E-state index contributed by atoms with van der Waals surface area (Å²) >= 11 is 5.89. The first kappa shape index (κ1) is 15.5. The second kappa shape index (κ2) is 5.85. The topological polar surface area (TPSA) is 35.2 Å². The van der Waals surface area contributed by atoms with Gasteiger partial charge < -0.3 is 10.5 Å². The lowest BCUT2D eigenvalue weighted by Crippen LogP contribution is -2.19. The standard InChI is InChI=1S/C15H13ClF3NO/c1-9-4-11(16)2-3-14(9)10-5-12(20)7-13(6-10)21-8-15(17,18)19/h2-7H,8,20H2,1H3. The van der Waals surface area contributed by atoms with E-state index in [9.17, 15) is 13.2 Å². The van der Waals surface area contributed by atoms with E-state index in [0.717, 1.165) is 11.1 Å². The summed E-state index contributed by atoms with van der Waals surface area (Å²) in [4.78, 5) is 0. The van der Waals surface area contributed by atoms with Gasteiger partial charge in [-0.25, -0.2) is 0 Å². The Balaban J connectivity index is 2.34. The van der Waals surface area contributed by atoms with Crippen LogP contribution in [0.15, 0.2) is 36.4 Å². The van der Waals surface area contributed by atoms with Crippen LogP contribution in [-0.2, 0) is 0 Å². The number of aryl methyl sites for hydroxylation is 1. The molecule has 112 valence electrons. The second-order valence-electron chi connectivity index (χ2n) is 4.65. The van der Waals surface area contributed by atoms with E-state index in [1.165, 1.54) is 12.1 Å². The zero-order chi connectivity index (χ0) is 15.6. The molecule has 2 rings (SSSR count). The van der Waals surface area contributed by atoms with Gasteiger partial charge in [0.2, 0.25) is 0 Å². The maximum Gasteiger partial charge on any atom is 0.422 e. The lowest BCUT2D eigenvalue weighted by atomic mass is 10.00. The second-order valence-corrected chi connectivity index (χ2v) is 5.09. The highest BCUT2D eigenvalue weighted by atomic mass is 35.5. The lowest BCUT2D eigenvalue weighted by Gasteiger charge is -2.13. The quantitative estimate of drug-likeness (QED) is 0.823. The fraction of sp³-hybridized carbons (Fsp3) is 0.200. The van der Waals surface area contributed by atoms with Gasteiger partial charge in [-0.2, -0.15) is 13.2 Å². The zero-order valence-electron chi connectivity index (χ0n) is 11.2. The predicted octanol–water partition coefficient (Wildman–Crippen LogP) is 4.84. The molecule has 0 saturated carbocycles. The molecule has 21 heavy (non-hydrogen) atoms. The van der Waals surface area contributed by atoms with Crippen LogP contribution in [0, 0.1) is 6.92 Å². The molecule has 6 heteroatoms. The van der Waals surface area contributed by atoms with Crippen molar-refractivity contribution in [1.82, 2.24) is 0 Å². The van der Waals surface area contributed by atoms with Crippen molar-refractivity contribution in [2.45, 2.75) is 13.1 Å². The number of hydrogen-bond donors (Lipinski definition) is 1. The molecule has 0 atom stereocenters. The number of rotatable bonds is 3. The predicted molar refractivity (Wildman–Crippen MR) is 77.6 cm³/mol. The van der Waals surface area contributed by atoms with Gasteiger partial charge in [0, 0.05) is 16.8 Å². The Morgan fingerprint density at radius 1 is 1.14 bits per heavy atom. The normalized spacial score (nSPS) is 11.5. The third kappa shape index (κ3) is 4.29. The van der Waals surface area contributed by atoms with Crippen molar-refractivity contribution >= 4 is 17.3 Å². The highest BCUT2D eigenvalue weighted by Gasteiger charge is 2.28. The molecule has 0 fully saturated rings. The monoisotopic (exact) mass is 315 g/mol. The van der Waals surface area contributed by atoms with Crippen molar-refractivity contribution in [3.8, 4) is 16.9 Å². The molecule has 0 heterocycles. The summed E-state index contributed by atoms with van der Waals surface area (Å²) in [6.07, 6.45) is -4.39. The van der Waals surface area contributed by atoms with Crippen LogP contribution in [0.5, 0.6) is 5.75 Å². The van der Waals surface area contributed by atoms with Gasteiger partial charge in [-0.15, -0.1) is 0 Å². The molecule has 0 spiro atoms. The van der Waals surface area contributed by atoms with E-state index in [2.05, 4.69) is 0 Å². The first-order valence-corrected chi connectivity index (χ1v) is 6.49. The average molecular weight is 316 g/mol. The number of ether oxygens (including phenoxy) is 1. The number of halogens is 4. The Morgan fingerprint density at radius 3 is 2.48 bits per heavy atom. The van der Waals surface area contributed by atoms with Gasteiger partial charge in [-0.05, 0) is 47.9 Å². The molecule has 2 aromatic carbocycles. The van der Waals surface area contributed by atoms with Crippen molar-refractivity contribution in [1.29, 1.82) is 0 Å². The van der Waals surface area contributed by atoms with E-state index in [1.807, 2.05) is 6.92 Å². The van der Waals surface area contributed by atoms with Crippen molar-refractivity contribution in [2.24, 2.45) is 0 Å². The van der Waals surface area contributed by atoms with Crippen molar-refractivity contribution in [2.75, 3.05) is 12.3 Å². The van der Waals surface area contributed by atoms with Crippen LogP contribution in [0.4, 0.5) is 18.9 Å². The molecule has 0 unspecified atom stereocenters. The molecule has 0 aromatic heterocycles. The molecule has 0 aliphatic heterocycles. The van der Waals surface area contributed by atoms with Crippen molar-refractivity contribution in [3.05, 3.63) is 47.0 Å². The third-order valence-electron chi connectivity index (χ3n) is 2.83. The van der Waals surface area contributed by atoms with Crippen LogP contribution >= 0.6 is 11.6 Å². The highest BCUT2D eigenvalue weighted by Crippen LogP contribution is 2.31. The maximum absolute atomic E-state index is 12.2. The molecule has 0 aliphatic carbocycles. The Kier molecular flexibility index (Phi) is 4.32. The summed E-state index contributed by atoms with van der Waals surface area (Å²) in [7, 11) is 0. The average Bonchev–Trinajstić information content (AvgIpc) is 2.35. The minimum Gasteiger partial charge on any atom is -0.484 e. The first-order chi connectivity index (χ1) is 9.74. The molecule has 0 radical (unpaired) electrons. The van der Waals surface area contributed by atoms with E-state index in [1.54, 1.807) is 24.3 Å². The molecule has 0 saturated heterocycles. The molecule has 2 aromatic rings. The molecular formula is C15H13ClF3NO. The lowest BCUT2D eigenvalue weighted by molar-refractivity contribution is -0.153. The minimum absolute atomic E-state index is 0.0803. The van der Waals surface area contributed by atoms with Gasteiger partial charge in [0.1, 0.15) is 5.75 Å². The van der Waals surface area contributed by atoms with Crippen LogP contribution in [0.2, 0.25) is 5.02 Å². The molecule has 2 nitrogen and oxygen atoms in total. The molecule has 0 bridgehead atoms.